The van der Waals surface area contributed by atoms with Crippen LogP contribution < -0.4 is 0 Å². The van der Waals surface area contributed by atoms with E-state index in [4.69, 9.17) is 4.74 Å². The lowest BCUT2D eigenvalue weighted by molar-refractivity contribution is -0.153. The number of phenolic OH excluding ortho intramolecular Hbond substituents is 2. The molecule has 118 valence electrons. The summed E-state index contributed by atoms with van der Waals surface area (Å²) in [5, 5.41) is 18.8. The van der Waals surface area contributed by atoms with Gasteiger partial charge >= 0.3 is 5.97 Å². The van der Waals surface area contributed by atoms with Gasteiger partial charge in [-0.2, -0.15) is 0 Å². The van der Waals surface area contributed by atoms with E-state index < -0.39 is 17.8 Å². The number of hydrogen-bond donors (Lipinski definition) is 2. The number of rotatable bonds is 3. The largest absolute Gasteiger partial charge is 0.508 e. The molecule has 0 aromatic heterocycles. The smallest absolute Gasteiger partial charge is 0.316 e. The maximum atomic E-state index is 12.3. The van der Waals surface area contributed by atoms with Crippen LogP contribution in [0.4, 0.5) is 0 Å². The fourth-order valence-corrected chi connectivity index (χ4v) is 2.39. The van der Waals surface area contributed by atoms with Crippen molar-refractivity contribution in [2.24, 2.45) is 5.92 Å². The molecule has 0 bridgehead atoms. The monoisotopic (exact) mass is 307 g/mol. The van der Waals surface area contributed by atoms with Crippen molar-refractivity contribution in [2.75, 3.05) is 19.7 Å². The van der Waals surface area contributed by atoms with E-state index in [9.17, 15) is 24.6 Å². The van der Waals surface area contributed by atoms with Gasteiger partial charge < -0.3 is 19.8 Å². The van der Waals surface area contributed by atoms with Crippen molar-refractivity contribution >= 4 is 17.7 Å². The van der Waals surface area contributed by atoms with E-state index in [1.54, 1.807) is 6.92 Å². The van der Waals surface area contributed by atoms with Crippen molar-refractivity contribution in [3.63, 3.8) is 0 Å². The Labute approximate surface area is 127 Å². The fourth-order valence-electron chi connectivity index (χ4n) is 2.39. The topological polar surface area (TPSA) is 104 Å². The summed E-state index contributed by atoms with van der Waals surface area (Å²) >= 11 is 0. The number of carbonyl (C=O) groups excluding carboxylic acids is 3. The minimum absolute atomic E-state index is 0.0832. The van der Waals surface area contributed by atoms with Gasteiger partial charge in [-0.3, -0.25) is 14.4 Å². The number of amides is 1. The number of nitrogens with zero attached hydrogens (tertiary/aromatic N) is 1. The van der Waals surface area contributed by atoms with Gasteiger partial charge in [-0.05, 0) is 25.5 Å². The number of hydrogen-bond acceptors (Lipinski definition) is 6. The number of aromatic hydroxyl groups is 2. The lowest BCUT2D eigenvalue weighted by Crippen LogP contribution is -2.46. The van der Waals surface area contributed by atoms with Crippen molar-refractivity contribution in [1.82, 2.24) is 4.90 Å². The quantitative estimate of drug-likeness (QED) is 0.629. The molecule has 22 heavy (non-hydrogen) atoms. The maximum absolute atomic E-state index is 12.3. The van der Waals surface area contributed by atoms with E-state index in [0.717, 1.165) is 6.07 Å². The summed E-state index contributed by atoms with van der Waals surface area (Å²) in [6.07, 6.45) is 0.203. The molecule has 1 aromatic carbocycles. The van der Waals surface area contributed by atoms with Gasteiger partial charge in [-0.1, -0.05) is 0 Å². The summed E-state index contributed by atoms with van der Waals surface area (Å²) in [7, 11) is 0. The number of benzene rings is 1. The van der Waals surface area contributed by atoms with Crippen LogP contribution >= 0.6 is 0 Å². The molecule has 1 heterocycles. The Balaban J connectivity index is 2.08. The molecule has 1 unspecified atom stereocenters. The van der Waals surface area contributed by atoms with Crippen LogP contribution in [0.3, 0.4) is 0 Å². The molecule has 7 nitrogen and oxygen atoms in total. The Morgan fingerprint density at radius 2 is 1.91 bits per heavy atom. The van der Waals surface area contributed by atoms with Crippen molar-refractivity contribution in [2.45, 2.75) is 13.3 Å². The number of likely N-dealkylation sites (tertiary alicyclic amines) is 1. The third-order valence-electron chi connectivity index (χ3n) is 3.43. The molecule has 1 amide bonds. The maximum Gasteiger partial charge on any atom is 0.316 e. The Morgan fingerprint density at radius 3 is 2.45 bits per heavy atom. The fraction of sp³-hybridized carbons (Fsp3) is 0.400. The Hall–Kier alpha value is -2.57. The van der Waals surface area contributed by atoms with Gasteiger partial charge in [0.15, 0.2) is 5.78 Å². The molecular weight excluding hydrogens is 290 g/mol. The van der Waals surface area contributed by atoms with Gasteiger partial charge in [0.2, 0.25) is 0 Å². The van der Waals surface area contributed by atoms with Crippen molar-refractivity contribution < 1.29 is 29.3 Å². The minimum atomic E-state index is -0.832. The Bertz CT molecular complexity index is 592. The highest BCUT2D eigenvalue weighted by atomic mass is 16.5. The van der Waals surface area contributed by atoms with E-state index in [0.29, 0.717) is 0 Å². The zero-order chi connectivity index (χ0) is 16.3. The average molecular weight is 307 g/mol. The summed E-state index contributed by atoms with van der Waals surface area (Å²) in [5.41, 5.74) is 0.0832. The summed E-state index contributed by atoms with van der Waals surface area (Å²) in [6.45, 7) is 1.90. The molecule has 1 fully saturated rings. The van der Waals surface area contributed by atoms with Crippen molar-refractivity contribution in [3.05, 3.63) is 23.8 Å². The molecule has 2 N–H and O–H groups in total. The number of Topliss-reactive ketones (excluding diaryl/α,β-unsaturated/α-hetero) is 1. The molecule has 1 aromatic rings. The summed E-state index contributed by atoms with van der Waals surface area (Å²) in [5.74, 6) is -2.73. The van der Waals surface area contributed by atoms with Crippen molar-refractivity contribution in [3.8, 4) is 11.5 Å². The second-order valence-electron chi connectivity index (χ2n) is 5.02. The summed E-state index contributed by atoms with van der Waals surface area (Å²) in [6, 6.07) is 3.53. The molecule has 1 atom stereocenters. The van der Waals surface area contributed by atoms with E-state index in [2.05, 4.69) is 0 Å². The van der Waals surface area contributed by atoms with E-state index >= 15 is 0 Å². The first-order valence-electron chi connectivity index (χ1n) is 6.94. The second kappa shape index (κ2) is 6.46. The number of ketones is 1. The predicted molar refractivity (Wildman–Crippen MR) is 75.4 cm³/mol. The van der Waals surface area contributed by atoms with Gasteiger partial charge in [-0.25, -0.2) is 0 Å². The molecule has 0 spiro atoms. The molecule has 1 aliphatic heterocycles. The lowest BCUT2D eigenvalue weighted by atomic mass is 9.95. The first kappa shape index (κ1) is 15.8. The molecule has 1 aliphatic rings. The summed E-state index contributed by atoms with van der Waals surface area (Å²) in [4.78, 5) is 37.2. The molecule has 0 saturated carbocycles. The van der Waals surface area contributed by atoms with Gasteiger partial charge in [0.25, 0.3) is 5.91 Å². The third kappa shape index (κ3) is 3.36. The van der Waals surface area contributed by atoms with Gasteiger partial charge in [0, 0.05) is 18.2 Å². The Morgan fingerprint density at radius 1 is 1.27 bits per heavy atom. The minimum Gasteiger partial charge on any atom is -0.508 e. The van der Waals surface area contributed by atoms with Crippen LogP contribution in [0.25, 0.3) is 0 Å². The van der Waals surface area contributed by atoms with Gasteiger partial charge in [-0.15, -0.1) is 0 Å². The predicted octanol–water partition coefficient (Wildman–Crippen LogP) is 0.692. The Kier molecular flexibility index (Phi) is 4.65. The highest BCUT2D eigenvalue weighted by Gasteiger charge is 2.35. The second-order valence-corrected chi connectivity index (χ2v) is 5.02. The van der Waals surface area contributed by atoms with Crippen LogP contribution in [-0.4, -0.2) is 52.5 Å². The third-order valence-corrected chi connectivity index (χ3v) is 3.43. The van der Waals surface area contributed by atoms with Crippen LogP contribution in [-0.2, 0) is 14.3 Å². The molecule has 7 heteroatoms. The van der Waals surface area contributed by atoms with Crippen LogP contribution in [0, 0.1) is 5.92 Å². The number of phenols is 2. The zero-order valence-electron chi connectivity index (χ0n) is 12.1. The number of carbonyl (C=O) groups is 3. The number of ether oxygens (including phenoxy) is 1. The normalized spacial score (nSPS) is 18.1. The van der Waals surface area contributed by atoms with E-state index in [1.165, 1.54) is 17.0 Å². The highest BCUT2D eigenvalue weighted by molar-refractivity contribution is 6.04. The van der Waals surface area contributed by atoms with E-state index in [-0.39, 0.29) is 49.0 Å². The van der Waals surface area contributed by atoms with Crippen molar-refractivity contribution in [1.29, 1.82) is 0 Å². The highest BCUT2D eigenvalue weighted by Crippen LogP contribution is 2.23. The zero-order valence-corrected chi connectivity index (χ0v) is 12.1. The number of piperidine rings is 1. The first-order valence-corrected chi connectivity index (χ1v) is 6.94. The molecule has 0 aliphatic carbocycles. The van der Waals surface area contributed by atoms with Crippen LogP contribution in [0.2, 0.25) is 0 Å². The first-order chi connectivity index (χ1) is 10.4. The number of esters is 1. The molecule has 0 radical (unpaired) electrons. The van der Waals surface area contributed by atoms with Crippen LogP contribution in [0.15, 0.2) is 18.2 Å². The molecule has 1 saturated heterocycles. The molecule has 2 rings (SSSR count). The van der Waals surface area contributed by atoms with Gasteiger partial charge in [0.1, 0.15) is 17.4 Å². The SMILES string of the molecule is CCOC(=O)C1CCN(C(=O)c2cc(O)cc(O)c2)CC1=O. The van der Waals surface area contributed by atoms with Crippen LogP contribution in [0.1, 0.15) is 23.7 Å². The lowest BCUT2D eigenvalue weighted by Gasteiger charge is -2.29. The van der Waals surface area contributed by atoms with Crippen LogP contribution in [0.5, 0.6) is 11.5 Å². The van der Waals surface area contributed by atoms with Gasteiger partial charge in [0.05, 0.1) is 13.2 Å². The summed E-state index contributed by atoms with van der Waals surface area (Å²) < 4.78 is 4.83. The average Bonchev–Trinajstić information content (AvgIpc) is 2.45. The van der Waals surface area contributed by atoms with E-state index in [1.807, 2.05) is 0 Å². The molecular formula is C15H17NO6. The standard InChI is InChI=1S/C15H17NO6/c1-2-22-15(21)12-3-4-16(8-13(12)19)14(20)9-5-10(17)7-11(18)6-9/h5-7,12,17-18H,2-4,8H2,1H3.